The molecule has 0 aromatic rings. The summed E-state index contributed by atoms with van der Waals surface area (Å²) in [6.07, 6.45) is 6.09. The van der Waals surface area contributed by atoms with E-state index in [4.69, 9.17) is 0 Å². The minimum absolute atomic E-state index is 0.383. The lowest BCUT2D eigenvalue weighted by Crippen LogP contribution is -2.10. The van der Waals surface area contributed by atoms with E-state index in [1.54, 1.807) is 17.3 Å². The number of carbonyl (C=O) groups is 1. The molecule has 0 aliphatic carbocycles. The van der Waals surface area contributed by atoms with Crippen molar-refractivity contribution in [1.29, 1.82) is 0 Å². The van der Waals surface area contributed by atoms with Gasteiger partial charge >= 0.3 is 0 Å². The van der Waals surface area contributed by atoms with Gasteiger partial charge in [0.05, 0.1) is 6.54 Å². The van der Waals surface area contributed by atoms with Gasteiger partial charge in [-0.1, -0.05) is 12.7 Å². The van der Waals surface area contributed by atoms with Gasteiger partial charge in [0, 0.05) is 0 Å². The molecule has 0 aliphatic rings. The van der Waals surface area contributed by atoms with Gasteiger partial charge in [0.1, 0.15) is 6.29 Å². The highest BCUT2D eigenvalue weighted by atomic mass is 16.1. The predicted molar refractivity (Wildman–Crippen MR) is 37.8 cm³/mol. The molecule has 0 saturated carbocycles. The Hall–Kier alpha value is -1.05. The summed E-state index contributed by atoms with van der Waals surface area (Å²) >= 11 is 0. The zero-order valence-electron chi connectivity index (χ0n) is 5.58. The molecule has 0 saturated heterocycles. The molecule has 2 heteroatoms. The van der Waals surface area contributed by atoms with Gasteiger partial charge in [-0.05, 0) is 19.3 Å². The highest BCUT2D eigenvalue weighted by Gasteiger charge is 1.86. The molecule has 50 valence electrons. The molecule has 0 fully saturated rings. The molecule has 2 nitrogen and oxygen atoms in total. The Kier molecular flexibility index (Phi) is 4.50. The molecule has 0 amide bonds. The van der Waals surface area contributed by atoms with E-state index in [1.165, 1.54) is 0 Å². The van der Waals surface area contributed by atoms with Gasteiger partial charge in [-0.25, -0.2) is 0 Å². The van der Waals surface area contributed by atoms with Crippen LogP contribution in [0.2, 0.25) is 0 Å². The Bertz CT molecular complexity index is 118. The third-order valence-electron chi connectivity index (χ3n) is 0.860. The van der Waals surface area contributed by atoms with Gasteiger partial charge in [-0.15, -0.1) is 0 Å². The van der Waals surface area contributed by atoms with Crippen LogP contribution >= 0.6 is 0 Å². The van der Waals surface area contributed by atoms with Crippen LogP contribution in [0, 0.1) is 0 Å². The number of hydrogen-bond acceptors (Lipinski definition) is 2. The van der Waals surface area contributed by atoms with E-state index < -0.39 is 0 Å². The van der Waals surface area contributed by atoms with Gasteiger partial charge < -0.3 is 9.69 Å². The standard InChI is InChI=1S/C7H11NO/c1-3-5-8(4-2)6-7-9/h3-5,7H,2,6H2,1H3/b5-3-. The van der Waals surface area contributed by atoms with E-state index in [1.807, 2.05) is 13.0 Å². The van der Waals surface area contributed by atoms with Gasteiger partial charge in [0.2, 0.25) is 0 Å². The van der Waals surface area contributed by atoms with Crippen molar-refractivity contribution < 1.29 is 4.79 Å². The van der Waals surface area contributed by atoms with Crippen LogP contribution in [-0.4, -0.2) is 17.7 Å². The number of aldehydes is 1. The molecule has 0 radical (unpaired) electrons. The number of carbonyl (C=O) groups excluding carboxylic acids is 1. The summed E-state index contributed by atoms with van der Waals surface area (Å²) in [5, 5.41) is 0. The van der Waals surface area contributed by atoms with E-state index in [9.17, 15) is 4.79 Å². The first kappa shape index (κ1) is 7.95. The Labute approximate surface area is 55.5 Å². The third-order valence-corrected chi connectivity index (χ3v) is 0.860. The summed E-state index contributed by atoms with van der Waals surface area (Å²) in [6, 6.07) is 0. The largest absolute Gasteiger partial charge is 0.348 e. The van der Waals surface area contributed by atoms with Crippen molar-refractivity contribution in [3.63, 3.8) is 0 Å². The van der Waals surface area contributed by atoms with Gasteiger partial charge in [0.15, 0.2) is 0 Å². The van der Waals surface area contributed by atoms with Crippen LogP contribution in [0.5, 0.6) is 0 Å². The molecule has 0 unspecified atom stereocenters. The molecule has 0 bridgehead atoms. The topological polar surface area (TPSA) is 20.3 Å². The molecule has 0 heterocycles. The summed E-state index contributed by atoms with van der Waals surface area (Å²) < 4.78 is 0. The van der Waals surface area contributed by atoms with Crippen molar-refractivity contribution in [2.75, 3.05) is 6.54 Å². The molecule has 9 heavy (non-hydrogen) atoms. The summed E-state index contributed by atoms with van der Waals surface area (Å²) in [5.41, 5.74) is 0. The Morgan fingerprint density at radius 2 is 2.33 bits per heavy atom. The Morgan fingerprint density at radius 1 is 1.67 bits per heavy atom. The summed E-state index contributed by atoms with van der Waals surface area (Å²) in [4.78, 5) is 11.6. The molecule has 0 spiro atoms. The van der Waals surface area contributed by atoms with Crippen molar-refractivity contribution in [3.8, 4) is 0 Å². The normalized spacial score (nSPS) is 9.44. The fourth-order valence-electron chi connectivity index (χ4n) is 0.474. The van der Waals surface area contributed by atoms with Crippen molar-refractivity contribution in [2.45, 2.75) is 6.92 Å². The molecule has 0 aromatic carbocycles. The maximum absolute atomic E-state index is 9.93. The van der Waals surface area contributed by atoms with Crippen LogP contribution in [0.3, 0.4) is 0 Å². The summed E-state index contributed by atoms with van der Waals surface area (Å²) in [6.45, 7) is 5.79. The van der Waals surface area contributed by atoms with E-state index in [-0.39, 0.29) is 0 Å². The van der Waals surface area contributed by atoms with Crippen LogP contribution in [0.1, 0.15) is 6.92 Å². The first-order chi connectivity index (χ1) is 4.35. The number of nitrogens with zero attached hydrogens (tertiary/aromatic N) is 1. The monoisotopic (exact) mass is 125 g/mol. The van der Waals surface area contributed by atoms with E-state index in [2.05, 4.69) is 6.58 Å². The lowest BCUT2D eigenvalue weighted by molar-refractivity contribution is -0.108. The fraction of sp³-hybridized carbons (Fsp3) is 0.286. The molecule has 0 aromatic heterocycles. The maximum Gasteiger partial charge on any atom is 0.139 e. The quantitative estimate of drug-likeness (QED) is 0.525. The molecule has 0 N–H and O–H groups in total. The van der Waals surface area contributed by atoms with E-state index in [0.29, 0.717) is 6.54 Å². The molecule has 0 atom stereocenters. The second-order valence-corrected chi connectivity index (χ2v) is 1.53. The minimum atomic E-state index is 0.383. The first-order valence-electron chi connectivity index (χ1n) is 2.80. The SMILES string of the molecule is C=CN(/C=C\C)CC=O. The van der Waals surface area contributed by atoms with E-state index >= 15 is 0 Å². The van der Waals surface area contributed by atoms with Gasteiger partial charge in [-0.2, -0.15) is 0 Å². The number of allylic oxidation sites excluding steroid dienone is 1. The van der Waals surface area contributed by atoms with Crippen LogP contribution in [0.25, 0.3) is 0 Å². The number of rotatable bonds is 4. The second kappa shape index (κ2) is 5.09. The predicted octanol–water partition coefficient (Wildman–Crippen LogP) is 1.16. The molecular formula is C7H11NO. The third kappa shape index (κ3) is 3.53. The van der Waals surface area contributed by atoms with Crippen molar-refractivity contribution in [2.24, 2.45) is 0 Å². The summed E-state index contributed by atoms with van der Waals surface area (Å²) in [7, 11) is 0. The lowest BCUT2D eigenvalue weighted by atomic mass is 10.5. The minimum Gasteiger partial charge on any atom is -0.348 e. The lowest BCUT2D eigenvalue weighted by Gasteiger charge is -2.08. The average molecular weight is 125 g/mol. The Balaban J connectivity index is 3.66. The van der Waals surface area contributed by atoms with Gasteiger partial charge in [0.25, 0.3) is 0 Å². The zero-order chi connectivity index (χ0) is 7.11. The smallest absolute Gasteiger partial charge is 0.139 e. The Morgan fingerprint density at radius 3 is 2.67 bits per heavy atom. The van der Waals surface area contributed by atoms with Crippen LogP contribution < -0.4 is 0 Å². The fourth-order valence-corrected chi connectivity index (χ4v) is 0.474. The second-order valence-electron chi connectivity index (χ2n) is 1.53. The summed E-state index contributed by atoms with van der Waals surface area (Å²) in [5.74, 6) is 0. The molecule has 0 aliphatic heterocycles. The molecule has 0 rings (SSSR count). The van der Waals surface area contributed by atoms with Crippen LogP contribution in [0.4, 0.5) is 0 Å². The van der Waals surface area contributed by atoms with E-state index in [0.717, 1.165) is 6.29 Å². The average Bonchev–Trinajstić information content (AvgIpc) is 1.88. The molecular weight excluding hydrogens is 114 g/mol. The number of hydrogen-bond donors (Lipinski definition) is 0. The first-order valence-corrected chi connectivity index (χ1v) is 2.80. The maximum atomic E-state index is 9.93. The highest BCUT2D eigenvalue weighted by molar-refractivity contribution is 5.52. The van der Waals surface area contributed by atoms with Crippen molar-refractivity contribution >= 4 is 6.29 Å². The highest BCUT2D eigenvalue weighted by Crippen LogP contribution is 1.86. The van der Waals surface area contributed by atoms with Gasteiger partial charge in [-0.3, -0.25) is 0 Å². The van der Waals surface area contributed by atoms with Crippen molar-refractivity contribution in [3.05, 3.63) is 25.1 Å². The van der Waals surface area contributed by atoms with Crippen LogP contribution in [0.15, 0.2) is 25.1 Å². The zero-order valence-corrected chi connectivity index (χ0v) is 5.58. The van der Waals surface area contributed by atoms with Crippen molar-refractivity contribution in [1.82, 2.24) is 4.90 Å². The van der Waals surface area contributed by atoms with Crippen LogP contribution in [-0.2, 0) is 4.79 Å².